The first-order valence-electron chi connectivity index (χ1n) is 6.29. The zero-order valence-electron chi connectivity index (χ0n) is 10.8. The Morgan fingerprint density at radius 2 is 2.33 bits per heavy atom. The van der Waals surface area contributed by atoms with Gasteiger partial charge in [0.05, 0.1) is 0 Å². The molecular weight excluding hydrogens is 230 g/mol. The van der Waals surface area contributed by atoms with Crippen LogP contribution in [0.2, 0.25) is 0 Å². The Morgan fingerprint density at radius 1 is 1.56 bits per heavy atom. The van der Waals surface area contributed by atoms with Crippen LogP contribution in [0.25, 0.3) is 0 Å². The lowest BCUT2D eigenvalue weighted by molar-refractivity contribution is 0.0735. The molecule has 2 rings (SSSR count). The summed E-state index contributed by atoms with van der Waals surface area (Å²) in [7, 11) is 1.87. The van der Waals surface area contributed by atoms with Crippen molar-refractivity contribution in [2.75, 3.05) is 20.1 Å². The molecule has 1 aromatic heterocycles. The van der Waals surface area contributed by atoms with Gasteiger partial charge in [0.15, 0.2) is 0 Å². The third-order valence-electron chi connectivity index (χ3n) is 3.36. The summed E-state index contributed by atoms with van der Waals surface area (Å²) in [5, 5.41) is 3.09. The van der Waals surface area contributed by atoms with E-state index in [1.807, 2.05) is 7.05 Å². The fourth-order valence-corrected chi connectivity index (χ4v) is 2.45. The summed E-state index contributed by atoms with van der Waals surface area (Å²) in [6.07, 6.45) is 2.00. The van der Waals surface area contributed by atoms with E-state index in [1.54, 1.807) is 24.0 Å². The van der Waals surface area contributed by atoms with E-state index in [0.717, 1.165) is 31.6 Å². The molecule has 18 heavy (non-hydrogen) atoms. The standard InChI is InChI=1S/C13H19N3O2/c1-9-5-6-11(12(17)15-9)13(18)16-7-3-4-10(16)8-14-2/h5-6,10,14H,3-4,7-8H2,1-2H3,(H,15,17). The zero-order chi connectivity index (χ0) is 13.1. The van der Waals surface area contributed by atoms with E-state index in [-0.39, 0.29) is 23.1 Å². The van der Waals surface area contributed by atoms with Gasteiger partial charge in [0.25, 0.3) is 11.5 Å². The van der Waals surface area contributed by atoms with Gasteiger partial charge < -0.3 is 15.2 Å². The Bertz CT molecular complexity index is 495. The summed E-state index contributed by atoms with van der Waals surface area (Å²) in [6, 6.07) is 3.58. The van der Waals surface area contributed by atoms with Crippen molar-refractivity contribution in [3.63, 3.8) is 0 Å². The molecule has 0 spiro atoms. The van der Waals surface area contributed by atoms with Gasteiger partial charge in [-0.15, -0.1) is 0 Å². The van der Waals surface area contributed by atoms with Crippen LogP contribution in [0.1, 0.15) is 28.9 Å². The Labute approximate surface area is 106 Å². The van der Waals surface area contributed by atoms with E-state index in [1.165, 1.54) is 0 Å². The van der Waals surface area contributed by atoms with Crippen molar-refractivity contribution >= 4 is 5.91 Å². The maximum Gasteiger partial charge on any atom is 0.260 e. The van der Waals surface area contributed by atoms with Gasteiger partial charge in [0, 0.05) is 24.8 Å². The third-order valence-corrected chi connectivity index (χ3v) is 3.36. The topological polar surface area (TPSA) is 65.2 Å². The number of hydrogen-bond donors (Lipinski definition) is 2. The smallest absolute Gasteiger partial charge is 0.260 e. The molecule has 0 aliphatic carbocycles. The van der Waals surface area contributed by atoms with Gasteiger partial charge in [-0.2, -0.15) is 0 Å². The quantitative estimate of drug-likeness (QED) is 0.820. The highest BCUT2D eigenvalue weighted by molar-refractivity contribution is 5.94. The van der Waals surface area contributed by atoms with Crippen LogP contribution < -0.4 is 10.9 Å². The molecule has 1 saturated heterocycles. The Balaban J connectivity index is 2.22. The number of carbonyl (C=O) groups is 1. The van der Waals surface area contributed by atoms with Crippen LogP contribution >= 0.6 is 0 Å². The average molecular weight is 249 g/mol. The van der Waals surface area contributed by atoms with E-state index in [2.05, 4.69) is 10.3 Å². The van der Waals surface area contributed by atoms with Crippen molar-refractivity contribution in [1.29, 1.82) is 0 Å². The molecule has 0 bridgehead atoms. The normalized spacial score (nSPS) is 19.2. The van der Waals surface area contributed by atoms with E-state index in [0.29, 0.717) is 0 Å². The summed E-state index contributed by atoms with van der Waals surface area (Å²) in [5.74, 6) is -0.158. The van der Waals surface area contributed by atoms with Gasteiger partial charge >= 0.3 is 0 Å². The number of likely N-dealkylation sites (tertiary alicyclic amines) is 1. The lowest BCUT2D eigenvalue weighted by atomic mass is 10.2. The highest BCUT2D eigenvalue weighted by Gasteiger charge is 2.29. The van der Waals surface area contributed by atoms with Crippen molar-refractivity contribution in [3.05, 3.63) is 33.7 Å². The number of rotatable bonds is 3. The highest BCUT2D eigenvalue weighted by atomic mass is 16.2. The number of carbonyl (C=O) groups excluding carboxylic acids is 1. The van der Waals surface area contributed by atoms with Crippen molar-refractivity contribution in [2.24, 2.45) is 0 Å². The van der Waals surface area contributed by atoms with Crippen molar-refractivity contribution in [3.8, 4) is 0 Å². The van der Waals surface area contributed by atoms with Crippen LogP contribution in [0, 0.1) is 6.92 Å². The van der Waals surface area contributed by atoms with E-state index < -0.39 is 0 Å². The lowest BCUT2D eigenvalue weighted by Gasteiger charge is -2.24. The molecule has 0 radical (unpaired) electrons. The molecule has 1 aromatic rings. The molecule has 1 fully saturated rings. The second-order valence-corrected chi connectivity index (χ2v) is 4.74. The van der Waals surface area contributed by atoms with Crippen LogP contribution in [0.5, 0.6) is 0 Å². The number of aromatic amines is 1. The first kappa shape index (κ1) is 12.8. The van der Waals surface area contributed by atoms with Gasteiger partial charge in [0.1, 0.15) is 5.56 Å². The van der Waals surface area contributed by atoms with Crippen LogP contribution in [0.15, 0.2) is 16.9 Å². The van der Waals surface area contributed by atoms with Crippen LogP contribution in [0.4, 0.5) is 0 Å². The number of pyridine rings is 1. The minimum absolute atomic E-state index is 0.158. The van der Waals surface area contributed by atoms with Crippen LogP contribution in [-0.2, 0) is 0 Å². The summed E-state index contributed by atoms with van der Waals surface area (Å²) < 4.78 is 0. The molecule has 5 heteroatoms. The van der Waals surface area contributed by atoms with Crippen LogP contribution in [0.3, 0.4) is 0 Å². The number of nitrogens with one attached hydrogen (secondary N) is 2. The van der Waals surface area contributed by atoms with Gasteiger partial charge in [0.2, 0.25) is 0 Å². The molecule has 5 nitrogen and oxygen atoms in total. The minimum atomic E-state index is -0.296. The minimum Gasteiger partial charge on any atom is -0.334 e. The predicted molar refractivity (Wildman–Crippen MR) is 69.8 cm³/mol. The molecule has 1 unspecified atom stereocenters. The number of likely N-dealkylation sites (N-methyl/N-ethyl adjacent to an activating group) is 1. The van der Waals surface area contributed by atoms with E-state index in [9.17, 15) is 9.59 Å². The molecule has 0 aromatic carbocycles. The first-order valence-corrected chi connectivity index (χ1v) is 6.29. The molecule has 1 aliphatic rings. The number of aryl methyl sites for hydroxylation is 1. The van der Waals surface area contributed by atoms with E-state index in [4.69, 9.17) is 0 Å². The third kappa shape index (κ3) is 2.46. The second kappa shape index (κ2) is 5.35. The number of hydrogen-bond acceptors (Lipinski definition) is 3. The molecule has 2 heterocycles. The maximum absolute atomic E-state index is 12.3. The summed E-state index contributed by atoms with van der Waals surface area (Å²) in [5.41, 5.74) is 0.712. The fourth-order valence-electron chi connectivity index (χ4n) is 2.45. The molecule has 0 saturated carbocycles. The monoisotopic (exact) mass is 249 g/mol. The van der Waals surface area contributed by atoms with Crippen molar-refractivity contribution in [2.45, 2.75) is 25.8 Å². The fraction of sp³-hybridized carbons (Fsp3) is 0.538. The number of aromatic nitrogens is 1. The van der Waals surface area contributed by atoms with Gasteiger partial charge in [-0.25, -0.2) is 0 Å². The average Bonchev–Trinajstić information content (AvgIpc) is 2.77. The summed E-state index contributed by atoms with van der Waals surface area (Å²) >= 11 is 0. The number of nitrogens with zero attached hydrogens (tertiary/aromatic N) is 1. The Kier molecular flexibility index (Phi) is 3.81. The number of amides is 1. The molecule has 1 atom stereocenters. The molecule has 98 valence electrons. The largest absolute Gasteiger partial charge is 0.334 e. The molecular formula is C13H19N3O2. The van der Waals surface area contributed by atoms with Gasteiger partial charge in [-0.1, -0.05) is 0 Å². The highest BCUT2D eigenvalue weighted by Crippen LogP contribution is 2.18. The molecule has 2 N–H and O–H groups in total. The zero-order valence-corrected chi connectivity index (χ0v) is 10.8. The van der Waals surface area contributed by atoms with Crippen molar-refractivity contribution in [1.82, 2.24) is 15.2 Å². The number of H-pyrrole nitrogens is 1. The summed E-state index contributed by atoms with van der Waals surface area (Å²) in [4.78, 5) is 28.6. The second-order valence-electron chi connectivity index (χ2n) is 4.74. The van der Waals surface area contributed by atoms with Crippen LogP contribution in [-0.4, -0.2) is 42.0 Å². The predicted octanol–water partition coefficient (Wildman–Crippen LogP) is 0.507. The molecule has 1 aliphatic heterocycles. The summed E-state index contributed by atoms with van der Waals surface area (Å²) in [6.45, 7) is 3.31. The van der Waals surface area contributed by atoms with E-state index >= 15 is 0 Å². The Morgan fingerprint density at radius 3 is 3.00 bits per heavy atom. The molecule has 1 amide bonds. The van der Waals surface area contributed by atoms with Gasteiger partial charge in [-0.05, 0) is 38.9 Å². The maximum atomic E-state index is 12.3. The lowest BCUT2D eigenvalue weighted by Crippen LogP contribution is -2.42. The van der Waals surface area contributed by atoms with Gasteiger partial charge in [-0.3, -0.25) is 9.59 Å². The Hall–Kier alpha value is -1.62. The first-order chi connectivity index (χ1) is 8.63. The van der Waals surface area contributed by atoms with Crippen molar-refractivity contribution < 1.29 is 4.79 Å². The SMILES string of the molecule is CNCC1CCCN1C(=O)c1ccc(C)[nH]c1=O.